The highest BCUT2D eigenvalue weighted by Crippen LogP contribution is 2.05. The van der Waals surface area contributed by atoms with Gasteiger partial charge in [0.15, 0.2) is 0 Å². The molecule has 1 rings (SSSR count). The lowest BCUT2D eigenvalue weighted by molar-refractivity contribution is -0.139. The largest absolute Gasteiger partial charge is 0.480 e. The van der Waals surface area contributed by atoms with Crippen molar-refractivity contribution in [2.75, 3.05) is 25.1 Å². The van der Waals surface area contributed by atoms with Crippen LogP contribution in [-0.4, -0.2) is 61.7 Å². The molecule has 116 valence electrons. The average molecular weight is 307 g/mol. The molecule has 1 fully saturated rings. The van der Waals surface area contributed by atoms with E-state index in [1.807, 2.05) is 0 Å². The molecular formula is C11H21N3O5S. The lowest BCUT2D eigenvalue weighted by Gasteiger charge is -2.27. The number of aliphatic carboxylic acids is 1. The molecule has 1 heterocycles. The molecule has 0 bridgehead atoms. The predicted molar refractivity (Wildman–Crippen MR) is 72.8 cm³/mol. The summed E-state index contributed by atoms with van der Waals surface area (Å²) in [6, 6.07) is -1.83. The number of carboxylic acid groups (broad SMARTS) is 1. The summed E-state index contributed by atoms with van der Waals surface area (Å²) >= 11 is 0. The molecule has 0 aromatic heterocycles. The molecule has 20 heavy (non-hydrogen) atoms. The maximum absolute atomic E-state index is 11.7. The van der Waals surface area contributed by atoms with E-state index in [1.54, 1.807) is 5.01 Å². The number of carbonyl (C=O) groups excluding carboxylic acids is 1. The number of carbonyl (C=O) groups is 2. The van der Waals surface area contributed by atoms with E-state index >= 15 is 0 Å². The van der Waals surface area contributed by atoms with Crippen LogP contribution in [0.5, 0.6) is 0 Å². The number of hydrazine groups is 1. The van der Waals surface area contributed by atoms with Gasteiger partial charge in [-0.15, -0.1) is 0 Å². The summed E-state index contributed by atoms with van der Waals surface area (Å²) in [6.07, 6.45) is 3.96. The quantitative estimate of drug-likeness (QED) is 0.613. The van der Waals surface area contributed by atoms with Crippen LogP contribution in [0.25, 0.3) is 0 Å². The number of urea groups is 1. The highest BCUT2D eigenvalue weighted by atomic mass is 32.2. The molecule has 1 atom stereocenters. The zero-order chi connectivity index (χ0) is 15.2. The molecule has 1 saturated heterocycles. The first-order valence-electron chi connectivity index (χ1n) is 6.50. The Balaban J connectivity index is 2.43. The smallest absolute Gasteiger partial charge is 0.330 e. The van der Waals surface area contributed by atoms with Crippen molar-refractivity contribution in [1.29, 1.82) is 0 Å². The first-order chi connectivity index (χ1) is 9.28. The Hall–Kier alpha value is -1.35. The monoisotopic (exact) mass is 307 g/mol. The number of sulfone groups is 1. The maximum atomic E-state index is 11.7. The van der Waals surface area contributed by atoms with Crippen LogP contribution < -0.4 is 10.7 Å². The van der Waals surface area contributed by atoms with Crippen LogP contribution in [0.3, 0.4) is 0 Å². The molecule has 0 radical (unpaired) electrons. The molecule has 0 aliphatic carbocycles. The van der Waals surface area contributed by atoms with Gasteiger partial charge in [0, 0.05) is 19.3 Å². The van der Waals surface area contributed by atoms with E-state index in [2.05, 4.69) is 10.7 Å². The van der Waals surface area contributed by atoms with Gasteiger partial charge < -0.3 is 10.4 Å². The van der Waals surface area contributed by atoms with Crippen molar-refractivity contribution in [1.82, 2.24) is 15.8 Å². The Bertz CT molecular complexity index is 445. The van der Waals surface area contributed by atoms with Crippen molar-refractivity contribution in [3.05, 3.63) is 0 Å². The zero-order valence-electron chi connectivity index (χ0n) is 11.5. The molecule has 0 saturated carbocycles. The summed E-state index contributed by atoms with van der Waals surface area (Å²) in [4.78, 5) is 22.7. The van der Waals surface area contributed by atoms with Crippen LogP contribution in [-0.2, 0) is 14.6 Å². The number of rotatable bonds is 6. The molecule has 0 aromatic carbocycles. The van der Waals surface area contributed by atoms with Gasteiger partial charge in [0.2, 0.25) is 0 Å². The Morgan fingerprint density at radius 1 is 1.25 bits per heavy atom. The molecule has 0 spiro atoms. The van der Waals surface area contributed by atoms with Crippen molar-refractivity contribution in [3.8, 4) is 0 Å². The van der Waals surface area contributed by atoms with Crippen LogP contribution >= 0.6 is 0 Å². The minimum absolute atomic E-state index is 0.151. The fourth-order valence-electron chi connectivity index (χ4n) is 1.93. The van der Waals surface area contributed by atoms with E-state index < -0.39 is 27.9 Å². The molecule has 0 aromatic rings. The van der Waals surface area contributed by atoms with Gasteiger partial charge in [-0.25, -0.2) is 23.0 Å². The first-order valence-corrected chi connectivity index (χ1v) is 8.56. The lowest BCUT2D eigenvalue weighted by Crippen LogP contribution is -2.53. The van der Waals surface area contributed by atoms with Gasteiger partial charge in [-0.05, 0) is 19.3 Å². The van der Waals surface area contributed by atoms with Gasteiger partial charge >= 0.3 is 12.0 Å². The van der Waals surface area contributed by atoms with E-state index in [0.29, 0.717) is 0 Å². The van der Waals surface area contributed by atoms with Crippen LogP contribution in [0.2, 0.25) is 0 Å². The Morgan fingerprint density at radius 3 is 2.35 bits per heavy atom. The summed E-state index contributed by atoms with van der Waals surface area (Å²) in [5.74, 6) is -1.53. The second-order valence-electron chi connectivity index (χ2n) is 4.94. The van der Waals surface area contributed by atoms with Gasteiger partial charge in [0.05, 0.1) is 5.75 Å². The van der Waals surface area contributed by atoms with E-state index in [0.717, 1.165) is 38.6 Å². The highest BCUT2D eigenvalue weighted by Gasteiger charge is 2.22. The number of hydrogen-bond donors (Lipinski definition) is 3. The summed E-state index contributed by atoms with van der Waals surface area (Å²) in [6.45, 7) is 1.46. The summed E-state index contributed by atoms with van der Waals surface area (Å²) in [7, 11) is -3.26. The van der Waals surface area contributed by atoms with Gasteiger partial charge in [-0.2, -0.15) is 0 Å². The normalized spacial score (nSPS) is 18.2. The SMILES string of the molecule is CS(=O)(=O)CCC(NC(=O)NN1CCCCC1)C(=O)O. The van der Waals surface area contributed by atoms with Crippen LogP contribution in [0, 0.1) is 0 Å². The minimum Gasteiger partial charge on any atom is -0.480 e. The second-order valence-corrected chi connectivity index (χ2v) is 7.20. The molecule has 1 unspecified atom stereocenters. The van der Waals surface area contributed by atoms with Crippen LogP contribution in [0.1, 0.15) is 25.7 Å². The summed E-state index contributed by atoms with van der Waals surface area (Å²) in [5, 5.41) is 13.0. The number of piperidine rings is 1. The van der Waals surface area contributed by atoms with Crippen LogP contribution in [0.4, 0.5) is 4.79 Å². The van der Waals surface area contributed by atoms with Crippen molar-refractivity contribution < 1.29 is 23.1 Å². The highest BCUT2D eigenvalue weighted by molar-refractivity contribution is 7.90. The predicted octanol–water partition coefficient (Wildman–Crippen LogP) is -0.426. The maximum Gasteiger partial charge on any atom is 0.330 e. The standard InChI is InChI=1S/C11H21N3O5S/c1-20(18,19)8-5-9(10(15)16)12-11(17)13-14-6-3-2-4-7-14/h9H,2-8H2,1H3,(H,15,16)(H2,12,13,17). The van der Waals surface area contributed by atoms with E-state index in [-0.39, 0.29) is 12.2 Å². The lowest BCUT2D eigenvalue weighted by atomic mass is 10.2. The minimum atomic E-state index is -3.26. The van der Waals surface area contributed by atoms with Gasteiger partial charge in [0.1, 0.15) is 15.9 Å². The van der Waals surface area contributed by atoms with Gasteiger partial charge in [-0.1, -0.05) is 6.42 Å². The van der Waals surface area contributed by atoms with Crippen LogP contribution in [0.15, 0.2) is 0 Å². The summed E-state index contributed by atoms with van der Waals surface area (Å²) < 4.78 is 22.1. The first kappa shape index (κ1) is 16.7. The number of hydrogen-bond acceptors (Lipinski definition) is 5. The zero-order valence-corrected chi connectivity index (χ0v) is 12.3. The fourth-order valence-corrected chi connectivity index (χ4v) is 2.59. The number of amides is 2. The Kier molecular flexibility index (Phi) is 6.21. The average Bonchev–Trinajstić information content (AvgIpc) is 2.34. The van der Waals surface area contributed by atoms with Crippen molar-refractivity contribution in [2.24, 2.45) is 0 Å². The molecule has 1 aliphatic heterocycles. The van der Waals surface area contributed by atoms with Gasteiger partial charge in [-0.3, -0.25) is 5.43 Å². The number of nitrogens with one attached hydrogen (secondary N) is 2. The molecule has 1 aliphatic rings. The number of nitrogens with zero attached hydrogens (tertiary/aromatic N) is 1. The number of carboxylic acids is 1. The molecule has 8 nitrogen and oxygen atoms in total. The van der Waals surface area contributed by atoms with E-state index in [4.69, 9.17) is 5.11 Å². The van der Waals surface area contributed by atoms with Gasteiger partial charge in [0.25, 0.3) is 0 Å². The summed E-state index contributed by atoms with van der Waals surface area (Å²) in [5.41, 5.74) is 2.57. The molecule has 2 amide bonds. The Morgan fingerprint density at radius 2 is 1.85 bits per heavy atom. The fraction of sp³-hybridized carbons (Fsp3) is 0.818. The molecule has 3 N–H and O–H groups in total. The van der Waals surface area contributed by atoms with E-state index in [1.165, 1.54) is 0 Å². The molecule has 9 heteroatoms. The second kappa shape index (κ2) is 7.44. The Labute approximate surface area is 118 Å². The third-order valence-electron chi connectivity index (χ3n) is 3.00. The molecular weight excluding hydrogens is 286 g/mol. The topological polar surface area (TPSA) is 116 Å². The van der Waals surface area contributed by atoms with Crippen molar-refractivity contribution in [3.63, 3.8) is 0 Å². The van der Waals surface area contributed by atoms with Crippen molar-refractivity contribution in [2.45, 2.75) is 31.7 Å². The third-order valence-corrected chi connectivity index (χ3v) is 3.97. The van der Waals surface area contributed by atoms with Crippen molar-refractivity contribution >= 4 is 21.8 Å². The van der Waals surface area contributed by atoms with E-state index in [9.17, 15) is 18.0 Å². The third kappa shape index (κ3) is 6.71.